The lowest BCUT2D eigenvalue weighted by atomic mass is 9.56. The first-order valence-corrected chi connectivity index (χ1v) is 13.7. The van der Waals surface area contributed by atoms with Crippen molar-refractivity contribution in [2.75, 3.05) is 11.9 Å². The van der Waals surface area contributed by atoms with Crippen molar-refractivity contribution in [2.45, 2.75) is 30.5 Å². The highest BCUT2D eigenvalue weighted by Gasteiger charge is 2.78. The first kappa shape index (κ1) is 23.0. The SMILES string of the molecule is O=C1Nc2ccccc2[C@]12N1Cc3ccccc3C[C@H]1[C@H](c1ccc(Cl)cc1)[C@]21COc2ccccc2C1=O. The average Bonchev–Trinajstić information content (AvgIpc) is 3.40. The molecule has 6 heteroatoms. The van der Waals surface area contributed by atoms with Crippen molar-refractivity contribution in [1.82, 2.24) is 4.90 Å². The van der Waals surface area contributed by atoms with Crippen LogP contribution in [0, 0.1) is 5.41 Å². The van der Waals surface area contributed by atoms with Gasteiger partial charge in [-0.3, -0.25) is 14.5 Å². The van der Waals surface area contributed by atoms with E-state index in [4.69, 9.17) is 16.3 Å². The summed E-state index contributed by atoms with van der Waals surface area (Å²) in [4.78, 5) is 32.0. The van der Waals surface area contributed by atoms with Crippen LogP contribution < -0.4 is 10.1 Å². The minimum atomic E-state index is -1.25. The molecule has 4 aromatic rings. The lowest BCUT2D eigenvalue weighted by Gasteiger charge is -2.48. The Labute approximate surface area is 231 Å². The molecule has 8 rings (SSSR count). The molecule has 0 saturated carbocycles. The third-order valence-corrected chi connectivity index (χ3v) is 9.65. The first-order chi connectivity index (χ1) is 19.1. The number of ketones is 1. The summed E-state index contributed by atoms with van der Waals surface area (Å²) in [5.41, 5.74) is 3.07. The van der Waals surface area contributed by atoms with Crippen LogP contribution in [0.15, 0.2) is 97.1 Å². The Balaban J connectivity index is 1.48. The minimum absolute atomic E-state index is 0.0467. The molecule has 0 aromatic heterocycles. The predicted octanol–water partition coefficient (Wildman–Crippen LogP) is 5.97. The second-order valence-electron chi connectivity index (χ2n) is 11.0. The van der Waals surface area contributed by atoms with Crippen molar-refractivity contribution in [3.05, 3.63) is 130 Å². The Morgan fingerprint density at radius 1 is 0.846 bits per heavy atom. The van der Waals surface area contributed by atoms with Gasteiger partial charge in [-0.15, -0.1) is 0 Å². The van der Waals surface area contributed by atoms with Crippen LogP contribution in [0.25, 0.3) is 0 Å². The zero-order chi connectivity index (χ0) is 26.4. The molecule has 0 radical (unpaired) electrons. The van der Waals surface area contributed by atoms with Crippen molar-refractivity contribution >= 4 is 29.0 Å². The van der Waals surface area contributed by atoms with Gasteiger partial charge in [0.15, 0.2) is 5.78 Å². The third-order valence-electron chi connectivity index (χ3n) is 9.40. The summed E-state index contributed by atoms with van der Waals surface area (Å²) in [6.45, 7) is 0.657. The van der Waals surface area contributed by atoms with Crippen LogP contribution in [0.2, 0.25) is 5.02 Å². The van der Waals surface area contributed by atoms with Crippen molar-refractivity contribution in [3.8, 4) is 5.75 Å². The van der Waals surface area contributed by atoms with Crippen LogP contribution in [-0.4, -0.2) is 29.2 Å². The van der Waals surface area contributed by atoms with Gasteiger partial charge in [0, 0.05) is 34.8 Å². The van der Waals surface area contributed by atoms with Crippen molar-refractivity contribution < 1.29 is 14.3 Å². The van der Waals surface area contributed by atoms with Gasteiger partial charge in [0.2, 0.25) is 0 Å². The second-order valence-corrected chi connectivity index (χ2v) is 11.4. The van der Waals surface area contributed by atoms with Crippen LogP contribution >= 0.6 is 11.6 Å². The Morgan fingerprint density at radius 2 is 1.56 bits per heavy atom. The van der Waals surface area contributed by atoms with Gasteiger partial charge in [-0.1, -0.05) is 78.3 Å². The number of amides is 1. The molecule has 4 heterocycles. The molecule has 0 bridgehead atoms. The summed E-state index contributed by atoms with van der Waals surface area (Å²) >= 11 is 6.34. The van der Waals surface area contributed by atoms with Gasteiger partial charge >= 0.3 is 0 Å². The number of carbonyl (C=O) groups is 2. The molecule has 1 N–H and O–H groups in total. The number of Topliss-reactive ketones (excluding diaryl/α,β-unsaturated/α-hetero) is 1. The quantitative estimate of drug-likeness (QED) is 0.328. The lowest BCUT2D eigenvalue weighted by Crippen LogP contribution is -2.63. The maximum Gasteiger partial charge on any atom is 0.250 e. The molecule has 39 heavy (non-hydrogen) atoms. The smallest absolute Gasteiger partial charge is 0.250 e. The van der Waals surface area contributed by atoms with Gasteiger partial charge in [-0.05, 0) is 53.4 Å². The topological polar surface area (TPSA) is 58.6 Å². The molecule has 4 atom stereocenters. The molecule has 1 saturated heterocycles. The van der Waals surface area contributed by atoms with E-state index >= 15 is 4.79 Å². The second kappa shape index (κ2) is 8.04. The van der Waals surface area contributed by atoms with Crippen LogP contribution in [0.5, 0.6) is 5.75 Å². The van der Waals surface area contributed by atoms with Crippen molar-refractivity contribution in [2.24, 2.45) is 5.41 Å². The fourth-order valence-corrected chi connectivity index (χ4v) is 8.07. The number of carbonyl (C=O) groups excluding carboxylic acids is 2. The van der Waals surface area contributed by atoms with Gasteiger partial charge in [0.05, 0.1) is 5.56 Å². The number of ether oxygens (including phenoxy) is 1. The molecule has 1 amide bonds. The number of anilines is 1. The number of halogens is 1. The van der Waals surface area contributed by atoms with Crippen molar-refractivity contribution in [3.63, 3.8) is 0 Å². The van der Waals surface area contributed by atoms with Gasteiger partial charge in [0.25, 0.3) is 5.91 Å². The van der Waals surface area contributed by atoms with E-state index in [1.54, 1.807) is 0 Å². The zero-order valence-corrected chi connectivity index (χ0v) is 21.8. The van der Waals surface area contributed by atoms with E-state index in [0.717, 1.165) is 23.2 Å². The third kappa shape index (κ3) is 2.79. The molecule has 1 fully saturated rings. The normalized spacial score (nSPS) is 28.4. The highest BCUT2D eigenvalue weighted by molar-refractivity contribution is 6.30. The Kier molecular flexibility index (Phi) is 4.74. The average molecular weight is 533 g/mol. The summed E-state index contributed by atoms with van der Waals surface area (Å²) in [7, 11) is 0. The molecular formula is C33H25ClN2O3. The summed E-state index contributed by atoms with van der Waals surface area (Å²) in [5, 5.41) is 3.81. The molecule has 5 nitrogen and oxygen atoms in total. The number of fused-ring (bicyclic) bond motifs is 7. The van der Waals surface area contributed by atoms with Crippen molar-refractivity contribution in [1.29, 1.82) is 0 Å². The lowest BCUT2D eigenvalue weighted by molar-refractivity contribution is -0.134. The van der Waals surface area contributed by atoms with Crippen LogP contribution in [0.1, 0.15) is 38.5 Å². The van der Waals surface area contributed by atoms with E-state index in [1.807, 2.05) is 78.9 Å². The highest BCUT2D eigenvalue weighted by Crippen LogP contribution is 2.68. The van der Waals surface area contributed by atoms with E-state index in [-0.39, 0.29) is 30.3 Å². The first-order valence-electron chi connectivity index (χ1n) is 13.3. The Hall–Kier alpha value is -3.93. The molecule has 192 valence electrons. The summed E-state index contributed by atoms with van der Waals surface area (Å²) in [6.07, 6.45) is 0.720. The summed E-state index contributed by atoms with van der Waals surface area (Å²) in [5.74, 6) is 0.0364. The number of nitrogens with zero attached hydrogens (tertiary/aromatic N) is 1. The standard InChI is InChI=1S/C33H25ClN2O3/c34-23-15-13-20(14-16-23)29-27-17-21-7-1-2-8-22(21)18-36(27)33(25-10-4-5-11-26(25)35-31(33)38)32(29)19-39-28-12-6-3-9-24(28)30(32)37/h1-16,27,29H,17-19H2,(H,35,38)/t27-,29-,32-,33-/m0/s1. The molecule has 0 aliphatic carbocycles. The Morgan fingerprint density at radius 3 is 2.41 bits per heavy atom. The number of para-hydroxylation sites is 2. The van der Waals surface area contributed by atoms with E-state index in [2.05, 4.69) is 28.4 Å². The maximum atomic E-state index is 15.1. The largest absolute Gasteiger partial charge is 0.492 e. The van der Waals surface area contributed by atoms with E-state index in [9.17, 15) is 4.79 Å². The van der Waals surface area contributed by atoms with E-state index in [1.165, 1.54) is 11.1 Å². The Bertz CT molecular complexity index is 1680. The minimum Gasteiger partial charge on any atom is -0.492 e. The van der Waals surface area contributed by atoms with E-state index in [0.29, 0.717) is 22.9 Å². The molecule has 2 spiro atoms. The number of benzene rings is 4. The number of nitrogens with one attached hydrogen (secondary N) is 1. The van der Waals surface area contributed by atoms with Crippen LogP contribution in [-0.2, 0) is 23.3 Å². The molecule has 4 aliphatic heterocycles. The summed E-state index contributed by atoms with van der Waals surface area (Å²) < 4.78 is 6.49. The number of rotatable bonds is 1. The number of hydrogen-bond acceptors (Lipinski definition) is 4. The monoisotopic (exact) mass is 532 g/mol. The van der Waals surface area contributed by atoms with Gasteiger partial charge in [-0.2, -0.15) is 0 Å². The van der Waals surface area contributed by atoms with Gasteiger partial charge in [-0.25, -0.2) is 0 Å². The van der Waals surface area contributed by atoms with Crippen LogP contribution in [0.4, 0.5) is 5.69 Å². The molecule has 4 aliphatic rings. The number of hydrogen-bond donors (Lipinski definition) is 1. The fourth-order valence-electron chi connectivity index (χ4n) is 7.95. The zero-order valence-electron chi connectivity index (χ0n) is 21.1. The van der Waals surface area contributed by atoms with Crippen LogP contribution in [0.3, 0.4) is 0 Å². The van der Waals surface area contributed by atoms with Gasteiger partial charge < -0.3 is 10.1 Å². The molecule has 4 aromatic carbocycles. The maximum absolute atomic E-state index is 15.1. The molecular weight excluding hydrogens is 508 g/mol. The molecule has 0 unspecified atom stereocenters. The predicted molar refractivity (Wildman–Crippen MR) is 149 cm³/mol. The summed E-state index contributed by atoms with van der Waals surface area (Å²) in [6, 6.07) is 31.3. The highest BCUT2D eigenvalue weighted by atomic mass is 35.5. The van der Waals surface area contributed by atoms with Gasteiger partial charge in [0.1, 0.15) is 23.3 Å². The van der Waals surface area contributed by atoms with E-state index < -0.39 is 11.0 Å². The fraction of sp³-hybridized carbons (Fsp3) is 0.212.